The van der Waals surface area contributed by atoms with Crippen LogP contribution in [0.3, 0.4) is 0 Å². The second kappa shape index (κ2) is 34.5. The third-order valence-corrected chi connectivity index (χ3v) is 16.1. The van der Waals surface area contributed by atoms with Gasteiger partial charge >= 0.3 is 29.8 Å². The van der Waals surface area contributed by atoms with Crippen molar-refractivity contribution in [2.24, 2.45) is 0 Å². The first kappa shape index (κ1) is 74.8. The molecule has 1 N–H and O–H groups in total. The maximum Gasteiger partial charge on any atom is 0.338 e. The lowest BCUT2D eigenvalue weighted by Gasteiger charge is -2.13. The molecule has 0 bridgehead atoms. The normalized spacial score (nSPS) is 10.9. The molecule has 21 heteroatoms. The summed E-state index contributed by atoms with van der Waals surface area (Å²) in [5.74, 6) is -1.72. The molecule has 91 heavy (non-hydrogen) atoms. The fraction of sp³-hybridized carbons (Fsp3) is 0.300. The Labute approximate surface area is 540 Å². The van der Waals surface area contributed by atoms with Gasteiger partial charge in [0.2, 0.25) is 0 Å². The van der Waals surface area contributed by atoms with E-state index in [4.69, 9.17) is 38.3 Å². The van der Waals surface area contributed by atoms with Gasteiger partial charge in [-0.3, -0.25) is 9.59 Å². The van der Waals surface area contributed by atoms with Crippen LogP contribution in [0.5, 0.6) is 23.0 Å². The molecule has 0 aliphatic heterocycles. The number of halogens is 1. The van der Waals surface area contributed by atoms with E-state index in [1.165, 1.54) is 58.8 Å². The van der Waals surface area contributed by atoms with Crippen molar-refractivity contribution >= 4 is 82.2 Å². The molecule has 0 atom stereocenters. The first-order chi connectivity index (χ1) is 42.6. The highest BCUT2D eigenvalue weighted by Crippen LogP contribution is 2.36. The van der Waals surface area contributed by atoms with Gasteiger partial charge in [-0.2, -0.15) is 0 Å². The van der Waals surface area contributed by atoms with Gasteiger partial charge in [0.05, 0.1) is 80.7 Å². The Hall–Kier alpha value is -8.63. The summed E-state index contributed by atoms with van der Waals surface area (Å²) in [5.41, 5.74) is 4.87. The lowest BCUT2D eigenvalue weighted by Crippen LogP contribution is -2.11. The number of hydrogen-bond donors (Lipinski definition) is 1. The van der Waals surface area contributed by atoms with Crippen molar-refractivity contribution in [2.45, 2.75) is 86.2 Å². The van der Waals surface area contributed by atoms with Crippen molar-refractivity contribution in [3.05, 3.63) is 211 Å². The largest absolute Gasteiger partial charge is 0.491 e. The van der Waals surface area contributed by atoms with Crippen molar-refractivity contribution in [3.8, 4) is 23.0 Å². The van der Waals surface area contributed by atoms with E-state index < -0.39 is 38.2 Å². The first-order valence-electron chi connectivity index (χ1n) is 28.6. The highest BCUT2D eigenvalue weighted by Gasteiger charge is 2.21. The predicted octanol–water partition coefficient (Wildman–Crippen LogP) is 14.1. The number of benzene rings is 7. The van der Waals surface area contributed by atoms with E-state index >= 15 is 0 Å². The van der Waals surface area contributed by atoms with Crippen LogP contribution in [-0.4, -0.2) is 126 Å². The summed E-state index contributed by atoms with van der Waals surface area (Å²) in [6.07, 6.45) is 0.386. The molecule has 0 radical (unpaired) electrons. The zero-order valence-corrected chi connectivity index (χ0v) is 57.4. The first-order valence-corrected chi connectivity index (χ1v) is 34.6. The van der Waals surface area contributed by atoms with Crippen molar-refractivity contribution in [3.63, 3.8) is 0 Å². The molecule has 0 heterocycles. The molecule has 0 aromatic heterocycles. The van der Waals surface area contributed by atoms with Gasteiger partial charge in [-0.25, -0.2) is 24.0 Å². The molecule has 0 amide bonds. The number of aromatic carboxylic acids is 1. The van der Waals surface area contributed by atoms with Crippen LogP contribution < -0.4 is 29.6 Å². The number of ketones is 2. The number of ether oxygens (including phenoxy) is 8. The zero-order chi connectivity index (χ0) is 68.1. The van der Waals surface area contributed by atoms with Crippen LogP contribution in [0, 0.1) is 0 Å². The second-order valence-corrected chi connectivity index (χ2v) is 29.7. The third kappa shape index (κ3) is 24.3. The van der Waals surface area contributed by atoms with Gasteiger partial charge in [0.15, 0.2) is 11.6 Å². The van der Waals surface area contributed by atoms with E-state index in [-0.39, 0.29) is 64.2 Å². The SMILES string of the molecule is COC(=O)c1cc(Cc2ccc(P(C)(C)=O)cc2)cc(OC(C)C)c1.COC(=O)c1cc(OC(C)C)cc(C(=O)O)c1.COC(=O)c1cc(OC(C)C)cc(C(=O)c2ccc(Br)cc2)c1.COC(=O)c1cc(OC(C)C)cc(C(=O)c2ccc(P(C)(C)=O)cc2)c1. The molecule has 0 unspecified atom stereocenters. The minimum Gasteiger partial charge on any atom is -0.491 e. The zero-order valence-electron chi connectivity index (χ0n) is 54.0. The van der Waals surface area contributed by atoms with Crippen molar-refractivity contribution in [1.29, 1.82) is 0 Å². The van der Waals surface area contributed by atoms with E-state index in [2.05, 4.69) is 20.7 Å². The number of esters is 4. The highest BCUT2D eigenvalue weighted by atomic mass is 79.9. The average molecular weight is 1350 g/mol. The molecule has 18 nitrogen and oxygen atoms in total. The molecule has 0 fully saturated rings. The summed E-state index contributed by atoms with van der Waals surface area (Å²) in [6, 6.07) is 40.4. The van der Waals surface area contributed by atoms with E-state index in [1.54, 1.807) is 106 Å². The molecule has 7 aromatic rings. The molecular formula is C70H79BrO18P2. The summed E-state index contributed by atoms with van der Waals surface area (Å²) < 4.78 is 66.4. The molecule has 7 rings (SSSR count). The Kier molecular flexibility index (Phi) is 28.4. The number of rotatable bonds is 21. The number of carboxylic acid groups (broad SMARTS) is 1. The Morgan fingerprint density at radius 1 is 0.363 bits per heavy atom. The fourth-order valence-electron chi connectivity index (χ4n) is 8.36. The number of carbonyl (C=O) groups is 7. The Balaban J connectivity index is 0.000000262. The van der Waals surface area contributed by atoms with Gasteiger partial charge in [-0.15, -0.1) is 0 Å². The average Bonchev–Trinajstić information content (AvgIpc) is 0.949. The maximum atomic E-state index is 12.8. The fourth-order valence-corrected chi connectivity index (χ4v) is 10.4. The van der Waals surface area contributed by atoms with Crippen LogP contribution in [0.4, 0.5) is 0 Å². The Morgan fingerprint density at radius 3 is 0.945 bits per heavy atom. The van der Waals surface area contributed by atoms with Crippen LogP contribution in [-0.2, 0) is 34.5 Å². The van der Waals surface area contributed by atoms with Crippen LogP contribution in [0.2, 0.25) is 0 Å². The van der Waals surface area contributed by atoms with Crippen LogP contribution in [0.1, 0.15) is 150 Å². The standard InChI is InChI=1S/C20H23O5P.C20H25O4P.C18H17BrO4.C12H14O5/c1-13(2)25-17-11-15(10-16(12-17)20(22)24-3)19(21)14-6-8-18(9-7-14)26(4,5)23;1-14(2)24-18-12-16(11-17(13-18)20(21)23-3)10-15-6-8-19(9-7-15)25(4,5)22;1-11(2)23-16-9-13(8-14(10-16)18(21)22-3)17(20)12-4-6-15(19)7-5-12;1-7(2)17-10-5-8(11(13)14)4-9(6-10)12(15)16-3/h6-13H,1-5H3;6-9,11-14H,10H2,1-5H3;4-11H,1-3H3;4-7H,1-3H3,(H,13,14). The minimum atomic E-state index is -2.38. The summed E-state index contributed by atoms with van der Waals surface area (Å²) in [7, 11) is 0.553. The third-order valence-electron chi connectivity index (χ3n) is 12.5. The molecule has 0 spiro atoms. The van der Waals surface area contributed by atoms with Gasteiger partial charge in [0.25, 0.3) is 0 Å². The molecule has 0 saturated carbocycles. The summed E-state index contributed by atoms with van der Waals surface area (Å²) in [4.78, 5) is 83.3. The Bertz CT molecular complexity index is 3790. The number of carboxylic acids is 1. The van der Waals surface area contributed by atoms with Crippen LogP contribution in [0.25, 0.3) is 0 Å². The molecular weight excluding hydrogens is 1270 g/mol. The smallest absolute Gasteiger partial charge is 0.338 e. The van der Waals surface area contributed by atoms with Crippen LogP contribution in [0.15, 0.2) is 150 Å². The number of hydrogen-bond acceptors (Lipinski definition) is 17. The second-order valence-electron chi connectivity index (χ2n) is 22.3. The summed E-state index contributed by atoms with van der Waals surface area (Å²) in [6.45, 7) is 21.9. The van der Waals surface area contributed by atoms with Gasteiger partial charge in [0.1, 0.15) is 37.3 Å². The number of carbonyl (C=O) groups excluding carboxylic acids is 6. The quantitative estimate of drug-likeness (QED) is 0.0304. The summed E-state index contributed by atoms with van der Waals surface area (Å²) in [5, 5.41) is 10.5. The van der Waals surface area contributed by atoms with E-state index in [1.807, 2.05) is 91.8 Å². The lowest BCUT2D eigenvalue weighted by atomic mass is 10.0. The molecule has 0 saturated heterocycles. The lowest BCUT2D eigenvalue weighted by molar-refractivity contribution is 0.0590. The highest BCUT2D eigenvalue weighted by molar-refractivity contribution is 9.10. The van der Waals surface area contributed by atoms with Crippen molar-refractivity contribution < 1.29 is 85.7 Å². The summed E-state index contributed by atoms with van der Waals surface area (Å²) >= 11 is 3.34. The van der Waals surface area contributed by atoms with Gasteiger partial charge in [-0.1, -0.05) is 64.5 Å². The van der Waals surface area contributed by atoms with E-state index in [0.29, 0.717) is 62.5 Å². The molecule has 484 valence electrons. The number of methoxy groups -OCH3 is 4. The predicted molar refractivity (Wildman–Crippen MR) is 356 cm³/mol. The molecule has 0 aliphatic rings. The maximum absolute atomic E-state index is 12.8. The van der Waals surface area contributed by atoms with Crippen molar-refractivity contribution in [2.75, 3.05) is 55.1 Å². The van der Waals surface area contributed by atoms with Crippen molar-refractivity contribution in [1.82, 2.24) is 0 Å². The van der Waals surface area contributed by atoms with Gasteiger partial charge < -0.3 is 52.1 Å². The van der Waals surface area contributed by atoms with Crippen LogP contribution >= 0.6 is 30.2 Å². The monoisotopic (exact) mass is 1350 g/mol. The topological polar surface area (TPSA) is 248 Å². The van der Waals surface area contributed by atoms with E-state index in [0.717, 1.165) is 20.9 Å². The van der Waals surface area contributed by atoms with Gasteiger partial charge in [-0.05, 0) is 197 Å². The minimum absolute atomic E-state index is 0.0106. The molecule has 7 aromatic carbocycles. The Morgan fingerprint density at radius 2 is 0.637 bits per heavy atom. The van der Waals surface area contributed by atoms with Gasteiger partial charge in [0, 0.05) is 37.3 Å². The molecule has 0 aliphatic carbocycles. The van der Waals surface area contributed by atoms with E-state index in [9.17, 15) is 42.7 Å².